The lowest BCUT2D eigenvalue weighted by atomic mass is 10.3. The number of rotatable bonds is 1. The standard InChI is InChI=1S/C11H10N4/c1-8-5-9(2)15(14-8)11-4-3-10(6-12)7-13-11/h3-5,7H,1-2H3. The van der Waals surface area contributed by atoms with Crippen molar-refractivity contribution < 1.29 is 0 Å². The molecule has 0 fully saturated rings. The Labute approximate surface area is 87.8 Å². The Balaban J connectivity index is 2.46. The third kappa shape index (κ3) is 1.72. The largest absolute Gasteiger partial charge is 0.236 e. The highest BCUT2D eigenvalue weighted by Gasteiger charge is 2.04. The number of nitrogens with zero attached hydrogens (tertiary/aromatic N) is 4. The van der Waals surface area contributed by atoms with Gasteiger partial charge in [0.25, 0.3) is 0 Å². The van der Waals surface area contributed by atoms with Crippen molar-refractivity contribution in [3.63, 3.8) is 0 Å². The Morgan fingerprint density at radius 2 is 2.13 bits per heavy atom. The average Bonchev–Trinajstić information content (AvgIpc) is 2.58. The van der Waals surface area contributed by atoms with E-state index < -0.39 is 0 Å². The molecule has 2 aromatic heterocycles. The average molecular weight is 198 g/mol. The summed E-state index contributed by atoms with van der Waals surface area (Å²) in [5.74, 6) is 0.736. The second-order valence-corrected chi connectivity index (χ2v) is 3.36. The molecule has 0 amide bonds. The Kier molecular flexibility index (Phi) is 2.22. The second kappa shape index (κ2) is 3.54. The van der Waals surface area contributed by atoms with Gasteiger partial charge in [0.05, 0.1) is 11.3 Å². The van der Waals surface area contributed by atoms with Crippen molar-refractivity contribution in [1.29, 1.82) is 5.26 Å². The van der Waals surface area contributed by atoms with Crippen LogP contribution in [0.15, 0.2) is 24.4 Å². The molecule has 2 rings (SSSR count). The fourth-order valence-electron chi connectivity index (χ4n) is 1.44. The van der Waals surface area contributed by atoms with Crippen molar-refractivity contribution in [3.8, 4) is 11.9 Å². The molecule has 15 heavy (non-hydrogen) atoms. The molecule has 4 heteroatoms. The predicted molar refractivity (Wildman–Crippen MR) is 55.5 cm³/mol. The van der Waals surface area contributed by atoms with Crippen LogP contribution in [0, 0.1) is 25.2 Å². The molecule has 0 spiro atoms. The van der Waals surface area contributed by atoms with Gasteiger partial charge in [0, 0.05) is 11.9 Å². The Morgan fingerprint density at radius 1 is 1.33 bits per heavy atom. The lowest BCUT2D eigenvalue weighted by Gasteiger charge is -2.01. The van der Waals surface area contributed by atoms with E-state index in [1.54, 1.807) is 23.0 Å². The molecule has 0 aliphatic rings. The molecule has 4 nitrogen and oxygen atoms in total. The molecule has 0 aliphatic heterocycles. The molecule has 74 valence electrons. The molecule has 0 N–H and O–H groups in total. The lowest BCUT2D eigenvalue weighted by molar-refractivity contribution is 0.806. The van der Waals surface area contributed by atoms with Gasteiger partial charge in [-0.25, -0.2) is 9.67 Å². The summed E-state index contributed by atoms with van der Waals surface area (Å²) in [5.41, 5.74) is 2.55. The highest BCUT2D eigenvalue weighted by atomic mass is 15.3. The van der Waals surface area contributed by atoms with Crippen molar-refractivity contribution in [2.75, 3.05) is 0 Å². The molecule has 0 atom stereocenters. The van der Waals surface area contributed by atoms with Crippen LogP contribution in [-0.4, -0.2) is 14.8 Å². The van der Waals surface area contributed by atoms with Gasteiger partial charge in [0.15, 0.2) is 5.82 Å². The van der Waals surface area contributed by atoms with Crippen molar-refractivity contribution >= 4 is 0 Å². The van der Waals surface area contributed by atoms with Gasteiger partial charge < -0.3 is 0 Å². The monoisotopic (exact) mass is 198 g/mol. The minimum absolute atomic E-state index is 0.556. The van der Waals surface area contributed by atoms with E-state index in [0.29, 0.717) is 5.56 Å². The summed E-state index contributed by atoms with van der Waals surface area (Å²) in [6, 6.07) is 7.54. The van der Waals surface area contributed by atoms with Gasteiger partial charge in [0.2, 0.25) is 0 Å². The molecule has 2 heterocycles. The molecule has 0 bridgehead atoms. The van der Waals surface area contributed by atoms with E-state index in [-0.39, 0.29) is 0 Å². The quantitative estimate of drug-likeness (QED) is 0.701. The van der Waals surface area contributed by atoms with Crippen molar-refractivity contribution in [2.24, 2.45) is 0 Å². The number of aryl methyl sites for hydroxylation is 2. The lowest BCUT2D eigenvalue weighted by Crippen LogP contribution is -2.01. The fraction of sp³-hybridized carbons (Fsp3) is 0.182. The van der Waals surface area contributed by atoms with Crippen molar-refractivity contribution in [1.82, 2.24) is 14.8 Å². The van der Waals surface area contributed by atoms with Gasteiger partial charge in [-0.15, -0.1) is 0 Å². The van der Waals surface area contributed by atoms with E-state index in [2.05, 4.69) is 10.1 Å². The molecule has 0 radical (unpaired) electrons. The van der Waals surface area contributed by atoms with Gasteiger partial charge in [-0.1, -0.05) is 0 Å². The zero-order chi connectivity index (χ0) is 10.8. The molecule has 0 saturated carbocycles. The molecule has 0 aromatic carbocycles. The van der Waals surface area contributed by atoms with Gasteiger partial charge in [-0.3, -0.25) is 0 Å². The third-order valence-corrected chi connectivity index (χ3v) is 2.10. The summed E-state index contributed by atoms with van der Waals surface area (Å²) in [4.78, 5) is 4.17. The maximum absolute atomic E-state index is 8.65. The molecule has 2 aromatic rings. The number of pyridine rings is 1. The highest BCUT2D eigenvalue weighted by molar-refractivity contribution is 5.32. The molecule has 0 unspecified atom stereocenters. The molecular formula is C11H10N4. The second-order valence-electron chi connectivity index (χ2n) is 3.36. The molecule has 0 saturated heterocycles. The number of nitriles is 1. The normalized spacial score (nSPS) is 9.93. The summed E-state index contributed by atoms with van der Waals surface area (Å²) in [7, 11) is 0. The number of aromatic nitrogens is 3. The van der Waals surface area contributed by atoms with Crippen LogP contribution in [-0.2, 0) is 0 Å². The van der Waals surface area contributed by atoms with Gasteiger partial charge in [-0.05, 0) is 32.0 Å². The molecular weight excluding hydrogens is 188 g/mol. The van der Waals surface area contributed by atoms with Crippen LogP contribution < -0.4 is 0 Å². The highest BCUT2D eigenvalue weighted by Crippen LogP contribution is 2.09. The van der Waals surface area contributed by atoms with E-state index in [1.165, 1.54) is 0 Å². The fourth-order valence-corrected chi connectivity index (χ4v) is 1.44. The Bertz CT molecular complexity index is 517. The van der Waals surface area contributed by atoms with Gasteiger partial charge in [0.1, 0.15) is 6.07 Å². The minimum atomic E-state index is 0.556. The minimum Gasteiger partial charge on any atom is -0.236 e. The van der Waals surface area contributed by atoms with Crippen LogP contribution in [0.25, 0.3) is 5.82 Å². The summed E-state index contributed by atoms with van der Waals surface area (Å²) < 4.78 is 1.76. The van der Waals surface area contributed by atoms with Crippen LogP contribution in [0.2, 0.25) is 0 Å². The maximum Gasteiger partial charge on any atom is 0.153 e. The summed E-state index contributed by atoms with van der Waals surface area (Å²) in [5, 5.41) is 13.0. The van der Waals surface area contributed by atoms with Gasteiger partial charge >= 0.3 is 0 Å². The van der Waals surface area contributed by atoms with Crippen molar-refractivity contribution in [3.05, 3.63) is 41.3 Å². The van der Waals surface area contributed by atoms with E-state index in [4.69, 9.17) is 5.26 Å². The SMILES string of the molecule is Cc1cc(C)n(-c2ccc(C#N)cn2)n1. The van der Waals surface area contributed by atoms with Crippen LogP contribution in [0.3, 0.4) is 0 Å². The van der Waals surface area contributed by atoms with E-state index >= 15 is 0 Å². The van der Waals surface area contributed by atoms with E-state index in [1.807, 2.05) is 26.0 Å². The van der Waals surface area contributed by atoms with Crippen LogP contribution in [0.1, 0.15) is 17.0 Å². The van der Waals surface area contributed by atoms with E-state index in [0.717, 1.165) is 17.2 Å². The topological polar surface area (TPSA) is 54.5 Å². The Morgan fingerprint density at radius 3 is 2.60 bits per heavy atom. The smallest absolute Gasteiger partial charge is 0.153 e. The van der Waals surface area contributed by atoms with Gasteiger partial charge in [-0.2, -0.15) is 10.4 Å². The first-order chi connectivity index (χ1) is 7.20. The van der Waals surface area contributed by atoms with Crippen LogP contribution in [0.4, 0.5) is 0 Å². The first kappa shape index (κ1) is 9.41. The zero-order valence-corrected chi connectivity index (χ0v) is 8.60. The first-order valence-corrected chi connectivity index (χ1v) is 4.60. The van der Waals surface area contributed by atoms with Crippen LogP contribution >= 0.6 is 0 Å². The maximum atomic E-state index is 8.65. The summed E-state index contributed by atoms with van der Waals surface area (Å²) in [6.45, 7) is 3.91. The number of hydrogen-bond acceptors (Lipinski definition) is 3. The summed E-state index contributed by atoms with van der Waals surface area (Å²) >= 11 is 0. The zero-order valence-electron chi connectivity index (χ0n) is 8.60. The first-order valence-electron chi connectivity index (χ1n) is 4.60. The number of hydrogen-bond donors (Lipinski definition) is 0. The van der Waals surface area contributed by atoms with Crippen molar-refractivity contribution in [2.45, 2.75) is 13.8 Å². The molecule has 0 aliphatic carbocycles. The predicted octanol–water partition coefficient (Wildman–Crippen LogP) is 1.76. The third-order valence-electron chi connectivity index (χ3n) is 2.10. The van der Waals surface area contributed by atoms with E-state index in [9.17, 15) is 0 Å². The van der Waals surface area contributed by atoms with Crippen LogP contribution in [0.5, 0.6) is 0 Å². The Hall–Kier alpha value is -2.15. The summed E-state index contributed by atoms with van der Waals surface area (Å²) in [6.07, 6.45) is 1.55.